The molecular formula is C10H7ClN2O. The summed E-state index contributed by atoms with van der Waals surface area (Å²) in [4.78, 5) is 17.5. The van der Waals surface area contributed by atoms with E-state index in [-0.39, 0.29) is 0 Å². The van der Waals surface area contributed by atoms with Crippen LogP contribution in [0.2, 0.25) is 5.02 Å². The van der Waals surface area contributed by atoms with Crippen molar-refractivity contribution in [1.29, 1.82) is 0 Å². The fourth-order valence-corrected chi connectivity index (χ4v) is 1.49. The van der Waals surface area contributed by atoms with Gasteiger partial charge in [-0.3, -0.25) is 4.79 Å². The standard InChI is InChI=1S/C10H7ClN2O/c11-9-5-7(6-14)1-2-8(9)10-12-3-4-13-10/h1-6H,(H,12,13). The van der Waals surface area contributed by atoms with Gasteiger partial charge in [-0.05, 0) is 12.1 Å². The van der Waals surface area contributed by atoms with Gasteiger partial charge in [0.05, 0.1) is 5.02 Å². The van der Waals surface area contributed by atoms with Crippen LogP contribution in [0.15, 0.2) is 30.6 Å². The highest BCUT2D eigenvalue weighted by Gasteiger charge is 2.05. The van der Waals surface area contributed by atoms with Gasteiger partial charge in [0.1, 0.15) is 12.1 Å². The lowest BCUT2D eigenvalue weighted by Gasteiger charge is -2.00. The van der Waals surface area contributed by atoms with E-state index in [1.54, 1.807) is 30.6 Å². The average Bonchev–Trinajstić information content (AvgIpc) is 2.70. The molecule has 3 nitrogen and oxygen atoms in total. The summed E-state index contributed by atoms with van der Waals surface area (Å²) in [5, 5.41) is 0.518. The molecule has 1 aromatic carbocycles. The molecule has 0 aliphatic rings. The largest absolute Gasteiger partial charge is 0.345 e. The van der Waals surface area contributed by atoms with Crippen molar-refractivity contribution in [2.24, 2.45) is 0 Å². The molecule has 0 unspecified atom stereocenters. The summed E-state index contributed by atoms with van der Waals surface area (Å²) in [5.41, 5.74) is 1.35. The van der Waals surface area contributed by atoms with Crippen LogP contribution in [0.5, 0.6) is 0 Å². The Hall–Kier alpha value is -1.61. The number of nitrogens with zero attached hydrogens (tertiary/aromatic N) is 1. The van der Waals surface area contributed by atoms with E-state index in [1.165, 1.54) is 0 Å². The van der Waals surface area contributed by atoms with Gasteiger partial charge < -0.3 is 4.98 Å². The van der Waals surface area contributed by atoms with Crippen molar-refractivity contribution < 1.29 is 4.79 Å². The molecule has 0 atom stereocenters. The number of aldehydes is 1. The quantitative estimate of drug-likeness (QED) is 0.768. The van der Waals surface area contributed by atoms with Crippen molar-refractivity contribution in [2.45, 2.75) is 0 Å². The molecule has 14 heavy (non-hydrogen) atoms. The Morgan fingerprint density at radius 2 is 2.29 bits per heavy atom. The number of carbonyl (C=O) groups excluding carboxylic acids is 1. The van der Waals surface area contributed by atoms with Gasteiger partial charge in [0.15, 0.2) is 0 Å². The van der Waals surface area contributed by atoms with Crippen LogP contribution in [0.4, 0.5) is 0 Å². The summed E-state index contributed by atoms with van der Waals surface area (Å²) < 4.78 is 0. The molecule has 0 amide bonds. The predicted octanol–water partition coefficient (Wildman–Crippen LogP) is 2.54. The van der Waals surface area contributed by atoms with E-state index in [9.17, 15) is 4.79 Å². The molecule has 2 aromatic rings. The highest BCUT2D eigenvalue weighted by molar-refractivity contribution is 6.33. The van der Waals surface area contributed by atoms with Gasteiger partial charge >= 0.3 is 0 Å². The van der Waals surface area contributed by atoms with E-state index in [2.05, 4.69) is 9.97 Å². The number of carbonyl (C=O) groups is 1. The summed E-state index contributed by atoms with van der Waals surface area (Å²) in [7, 11) is 0. The molecule has 1 aromatic heterocycles. The Labute approximate surface area is 85.7 Å². The fraction of sp³-hybridized carbons (Fsp3) is 0. The summed E-state index contributed by atoms with van der Waals surface area (Å²) in [6.45, 7) is 0. The molecular weight excluding hydrogens is 200 g/mol. The lowest BCUT2D eigenvalue weighted by molar-refractivity contribution is 0.112. The average molecular weight is 207 g/mol. The number of imidazole rings is 1. The summed E-state index contributed by atoms with van der Waals surface area (Å²) in [6.07, 6.45) is 4.14. The van der Waals surface area contributed by atoms with E-state index in [0.717, 1.165) is 11.8 Å². The summed E-state index contributed by atoms with van der Waals surface area (Å²) >= 11 is 5.98. The van der Waals surface area contributed by atoms with Crippen molar-refractivity contribution in [2.75, 3.05) is 0 Å². The first-order valence-corrected chi connectivity index (χ1v) is 4.43. The van der Waals surface area contributed by atoms with Crippen molar-refractivity contribution in [3.63, 3.8) is 0 Å². The van der Waals surface area contributed by atoms with Crippen LogP contribution in [0.3, 0.4) is 0 Å². The predicted molar refractivity (Wildman–Crippen MR) is 54.4 cm³/mol. The molecule has 0 aliphatic carbocycles. The molecule has 1 N–H and O–H groups in total. The zero-order chi connectivity index (χ0) is 9.97. The zero-order valence-corrected chi connectivity index (χ0v) is 7.95. The minimum Gasteiger partial charge on any atom is -0.345 e. The number of halogens is 1. The van der Waals surface area contributed by atoms with Crippen LogP contribution in [0.1, 0.15) is 10.4 Å². The van der Waals surface area contributed by atoms with Crippen LogP contribution in [0, 0.1) is 0 Å². The third kappa shape index (κ3) is 1.54. The SMILES string of the molecule is O=Cc1ccc(-c2ncc[nH]2)c(Cl)c1. The van der Waals surface area contributed by atoms with Gasteiger partial charge in [-0.25, -0.2) is 4.98 Å². The maximum Gasteiger partial charge on any atom is 0.150 e. The van der Waals surface area contributed by atoms with Crippen LogP contribution in [0.25, 0.3) is 11.4 Å². The Morgan fingerprint density at radius 3 is 2.86 bits per heavy atom. The van der Waals surface area contributed by atoms with E-state index in [1.807, 2.05) is 0 Å². The van der Waals surface area contributed by atoms with E-state index >= 15 is 0 Å². The Balaban J connectivity index is 2.51. The Morgan fingerprint density at radius 1 is 1.43 bits per heavy atom. The topological polar surface area (TPSA) is 45.8 Å². The molecule has 0 spiro atoms. The fourth-order valence-electron chi connectivity index (χ4n) is 1.21. The first kappa shape index (κ1) is 8.97. The first-order valence-electron chi connectivity index (χ1n) is 4.06. The second kappa shape index (κ2) is 3.64. The van der Waals surface area contributed by atoms with Crippen molar-refractivity contribution in [3.05, 3.63) is 41.2 Å². The lowest BCUT2D eigenvalue weighted by atomic mass is 10.1. The highest BCUT2D eigenvalue weighted by Crippen LogP contribution is 2.25. The number of aromatic amines is 1. The van der Waals surface area contributed by atoms with Gasteiger partial charge in [0.2, 0.25) is 0 Å². The number of hydrogen-bond donors (Lipinski definition) is 1. The number of rotatable bonds is 2. The third-order valence-electron chi connectivity index (χ3n) is 1.88. The smallest absolute Gasteiger partial charge is 0.150 e. The van der Waals surface area contributed by atoms with Crippen molar-refractivity contribution in [1.82, 2.24) is 9.97 Å². The van der Waals surface area contributed by atoms with Gasteiger partial charge in [-0.2, -0.15) is 0 Å². The van der Waals surface area contributed by atoms with Crippen molar-refractivity contribution in [3.8, 4) is 11.4 Å². The normalized spacial score (nSPS) is 10.1. The highest BCUT2D eigenvalue weighted by atomic mass is 35.5. The first-order chi connectivity index (χ1) is 6.81. The van der Waals surface area contributed by atoms with Gasteiger partial charge in [-0.15, -0.1) is 0 Å². The molecule has 0 radical (unpaired) electrons. The minimum atomic E-state index is 0.518. The third-order valence-corrected chi connectivity index (χ3v) is 2.20. The number of aromatic nitrogens is 2. The molecule has 0 fully saturated rings. The van der Waals surface area contributed by atoms with E-state index < -0.39 is 0 Å². The second-order valence-electron chi connectivity index (χ2n) is 2.79. The molecule has 2 rings (SSSR count). The van der Waals surface area contributed by atoms with Crippen LogP contribution in [-0.4, -0.2) is 16.3 Å². The zero-order valence-electron chi connectivity index (χ0n) is 7.20. The maximum absolute atomic E-state index is 10.5. The Bertz CT molecular complexity index is 451. The van der Waals surface area contributed by atoms with Crippen molar-refractivity contribution >= 4 is 17.9 Å². The molecule has 70 valence electrons. The van der Waals surface area contributed by atoms with E-state index in [4.69, 9.17) is 11.6 Å². The summed E-state index contributed by atoms with van der Waals surface area (Å²) in [6, 6.07) is 5.09. The summed E-state index contributed by atoms with van der Waals surface area (Å²) in [5.74, 6) is 0.701. The molecule has 4 heteroatoms. The van der Waals surface area contributed by atoms with Crippen LogP contribution in [-0.2, 0) is 0 Å². The molecule has 0 saturated carbocycles. The van der Waals surface area contributed by atoms with Gasteiger partial charge in [0, 0.05) is 23.5 Å². The monoisotopic (exact) mass is 206 g/mol. The maximum atomic E-state index is 10.5. The number of H-pyrrole nitrogens is 1. The molecule has 1 heterocycles. The minimum absolute atomic E-state index is 0.518. The number of nitrogens with one attached hydrogen (secondary N) is 1. The van der Waals surface area contributed by atoms with E-state index in [0.29, 0.717) is 16.4 Å². The van der Waals surface area contributed by atoms with Gasteiger partial charge in [0.25, 0.3) is 0 Å². The second-order valence-corrected chi connectivity index (χ2v) is 3.20. The molecule has 0 aliphatic heterocycles. The van der Waals surface area contributed by atoms with Crippen LogP contribution >= 0.6 is 11.6 Å². The number of hydrogen-bond acceptors (Lipinski definition) is 2. The van der Waals surface area contributed by atoms with Gasteiger partial charge in [-0.1, -0.05) is 17.7 Å². The number of benzene rings is 1. The lowest BCUT2D eigenvalue weighted by Crippen LogP contribution is -1.85. The Kier molecular flexibility index (Phi) is 2.33. The van der Waals surface area contributed by atoms with Crippen LogP contribution < -0.4 is 0 Å². The molecule has 0 bridgehead atoms. The molecule has 0 saturated heterocycles.